The second-order valence-electron chi connectivity index (χ2n) is 5.75. The molecule has 23 heavy (non-hydrogen) atoms. The van der Waals surface area contributed by atoms with E-state index >= 15 is 0 Å². The van der Waals surface area contributed by atoms with Gasteiger partial charge >= 0.3 is 6.18 Å². The van der Waals surface area contributed by atoms with Crippen molar-refractivity contribution in [3.8, 4) is 0 Å². The van der Waals surface area contributed by atoms with Gasteiger partial charge in [-0.15, -0.1) is 0 Å². The minimum Gasteiger partial charge on any atom is -0.298 e. The molecule has 0 aliphatic carbocycles. The van der Waals surface area contributed by atoms with E-state index in [-0.39, 0.29) is 5.92 Å². The number of halogens is 3. The molecule has 3 rings (SSSR count). The highest BCUT2D eigenvalue weighted by atomic mass is 19.4. The average Bonchev–Trinajstić information content (AvgIpc) is 3.03. The molecule has 0 spiro atoms. The first-order valence-corrected chi connectivity index (χ1v) is 7.41. The second kappa shape index (κ2) is 6.23. The standard InChI is InChI=1S/C14H17F3N6/c1-9-11(5-18-13(21-9)14(15,16)17)7-23-4-2-3-10(6-23)12-19-8-20-22-12/h5,8,10H,2-4,6-7H2,1H3,(H,19,20,22)/t10-/m0/s1. The van der Waals surface area contributed by atoms with E-state index in [2.05, 4.69) is 30.0 Å². The molecule has 1 aliphatic heterocycles. The molecule has 1 N–H and O–H groups in total. The SMILES string of the molecule is Cc1nc(C(F)(F)F)ncc1CN1CCC[C@H](c2ncn[nH]2)C1. The molecule has 0 unspecified atom stereocenters. The molecule has 1 saturated heterocycles. The molecule has 2 aromatic rings. The van der Waals surface area contributed by atoms with Crippen molar-refractivity contribution in [2.24, 2.45) is 0 Å². The number of aryl methyl sites for hydroxylation is 1. The van der Waals surface area contributed by atoms with Crippen molar-refractivity contribution in [3.05, 3.63) is 35.4 Å². The summed E-state index contributed by atoms with van der Waals surface area (Å²) in [7, 11) is 0. The molecule has 6 nitrogen and oxygen atoms in total. The van der Waals surface area contributed by atoms with Crippen LogP contribution in [0.3, 0.4) is 0 Å². The number of nitrogens with one attached hydrogen (secondary N) is 1. The molecule has 3 heterocycles. The first kappa shape index (κ1) is 15.9. The van der Waals surface area contributed by atoms with Crippen molar-refractivity contribution < 1.29 is 13.2 Å². The normalized spacial score (nSPS) is 19.9. The Bertz CT molecular complexity index is 655. The van der Waals surface area contributed by atoms with E-state index in [4.69, 9.17) is 0 Å². The summed E-state index contributed by atoms with van der Waals surface area (Å²) in [4.78, 5) is 13.4. The first-order chi connectivity index (χ1) is 10.9. The zero-order valence-corrected chi connectivity index (χ0v) is 12.6. The summed E-state index contributed by atoms with van der Waals surface area (Å²) in [5, 5.41) is 6.76. The van der Waals surface area contributed by atoms with Crippen LogP contribution in [0.2, 0.25) is 0 Å². The van der Waals surface area contributed by atoms with Gasteiger partial charge < -0.3 is 0 Å². The number of aromatic nitrogens is 5. The second-order valence-corrected chi connectivity index (χ2v) is 5.75. The van der Waals surface area contributed by atoms with Crippen molar-refractivity contribution in [2.75, 3.05) is 13.1 Å². The highest BCUT2D eigenvalue weighted by Crippen LogP contribution is 2.28. The van der Waals surface area contributed by atoms with E-state index in [0.717, 1.165) is 37.3 Å². The fraction of sp³-hybridized carbons (Fsp3) is 0.571. The molecule has 124 valence electrons. The van der Waals surface area contributed by atoms with Gasteiger partial charge in [0.15, 0.2) is 0 Å². The average molecular weight is 326 g/mol. The van der Waals surface area contributed by atoms with Crippen LogP contribution in [0, 0.1) is 6.92 Å². The van der Waals surface area contributed by atoms with Crippen LogP contribution in [0.1, 0.15) is 41.7 Å². The third-order valence-corrected chi connectivity index (χ3v) is 4.05. The van der Waals surface area contributed by atoms with E-state index in [1.165, 1.54) is 12.5 Å². The quantitative estimate of drug-likeness (QED) is 0.937. The Morgan fingerprint density at radius 3 is 2.83 bits per heavy atom. The maximum absolute atomic E-state index is 12.6. The van der Waals surface area contributed by atoms with Gasteiger partial charge in [0, 0.05) is 36.5 Å². The zero-order chi connectivity index (χ0) is 16.4. The molecule has 1 aliphatic rings. The predicted octanol–water partition coefficient (Wildman–Crippen LogP) is 2.30. The fourth-order valence-corrected chi connectivity index (χ4v) is 2.86. The maximum Gasteiger partial charge on any atom is 0.451 e. The van der Waals surface area contributed by atoms with E-state index in [1.54, 1.807) is 6.92 Å². The van der Waals surface area contributed by atoms with Crippen LogP contribution in [0.4, 0.5) is 13.2 Å². The molecule has 0 saturated carbocycles. The number of piperidine rings is 1. The number of likely N-dealkylation sites (tertiary alicyclic amines) is 1. The minimum atomic E-state index is -4.51. The van der Waals surface area contributed by atoms with E-state index < -0.39 is 12.0 Å². The number of hydrogen-bond acceptors (Lipinski definition) is 5. The summed E-state index contributed by atoms with van der Waals surface area (Å²) in [5.41, 5.74) is 1.09. The summed E-state index contributed by atoms with van der Waals surface area (Å²) < 4.78 is 37.8. The number of aromatic amines is 1. The van der Waals surface area contributed by atoms with Crippen molar-refractivity contribution in [3.63, 3.8) is 0 Å². The summed E-state index contributed by atoms with van der Waals surface area (Å²) in [6.07, 6.45) is 0.289. The highest BCUT2D eigenvalue weighted by molar-refractivity contribution is 5.17. The molecule has 0 bridgehead atoms. The third kappa shape index (κ3) is 3.66. The number of nitrogens with zero attached hydrogens (tertiary/aromatic N) is 5. The third-order valence-electron chi connectivity index (χ3n) is 4.05. The van der Waals surface area contributed by atoms with E-state index in [0.29, 0.717) is 12.2 Å². The molecular weight excluding hydrogens is 309 g/mol. The fourth-order valence-electron chi connectivity index (χ4n) is 2.86. The number of alkyl halides is 3. The van der Waals surface area contributed by atoms with Gasteiger partial charge in [-0.05, 0) is 26.3 Å². The van der Waals surface area contributed by atoms with Crippen LogP contribution in [0.15, 0.2) is 12.5 Å². The van der Waals surface area contributed by atoms with Crippen molar-refractivity contribution in [1.29, 1.82) is 0 Å². The van der Waals surface area contributed by atoms with Gasteiger partial charge in [-0.3, -0.25) is 10.00 Å². The van der Waals surface area contributed by atoms with Gasteiger partial charge in [-0.1, -0.05) is 0 Å². The molecule has 1 atom stereocenters. The number of H-pyrrole nitrogens is 1. The molecule has 9 heteroatoms. The van der Waals surface area contributed by atoms with Gasteiger partial charge in [0.2, 0.25) is 5.82 Å². The Morgan fingerprint density at radius 2 is 2.17 bits per heavy atom. The summed E-state index contributed by atoms with van der Waals surface area (Å²) >= 11 is 0. The monoisotopic (exact) mass is 326 g/mol. The maximum atomic E-state index is 12.6. The van der Waals surface area contributed by atoms with Crippen LogP contribution in [-0.2, 0) is 12.7 Å². The lowest BCUT2D eigenvalue weighted by atomic mass is 9.97. The molecular formula is C14H17F3N6. The smallest absolute Gasteiger partial charge is 0.298 e. The molecule has 0 amide bonds. The lowest BCUT2D eigenvalue weighted by molar-refractivity contribution is -0.145. The van der Waals surface area contributed by atoms with Crippen molar-refractivity contribution in [1.82, 2.24) is 30.0 Å². The summed E-state index contributed by atoms with van der Waals surface area (Å²) in [6, 6.07) is 0. The van der Waals surface area contributed by atoms with Crippen LogP contribution in [-0.4, -0.2) is 43.1 Å². The van der Waals surface area contributed by atoms with Crippen LogP contribution < -0.4 is 0 Å². The zero-order valence-electron chi connectivity index (χ0n) is 12.6. The largest absolute Gasteiger partial charge is 0.451 e. The van der Waals surface area contributed by atoms with Crippen molar-refractivity contribution in [2.45, 2.75) is 38.4 Å². The first-order valence-electron chi connectivity index (χ1n) is 7.41. The van der Waals surface area contributed by atoms with E-state index in [9.17, 15) is 13.2 Å². The number of rotatable bonds is 3. The van der Waals surface area contributed by atoms with Gasteiger partial charge in [0.25, 0.3) is 0 Å². The van der Waals surface area contributed by atoms with Gasteiger partial charge in [-0.2, -0.15) is 18.3 Å². The molecule has 0 aromatic carbocycles. The topological polar surface area (TPSA) is 70.6 Å². The van der Waals surface area contributed by atoms with Crippen LogP contribution >= 0.6 is 0 Å². The Labute approximate surface area is 131 Å². The minimum absolute atomic E-state index is 0.266. The highest BCUT2D eigenvalue weighted by Gasteiger charge is 2.35. The number of hydrogen-bond donors (Lipinski definition) is 1. The Balaban J connectivity index is 1.69. The molecule has 0 radical (unpaired) electrons. The van der Waals surface area contributed by atoms with Crippen LogP contribution in [0.25, 0.3) is 0 Å². The van der Waals surface area contributed by atoms with Gasteiger partial charge in [-0.25, -0.2) is 15.0 Å². The lowest BCUT2D eigenvalue weighted by Crippen LogP contribution is -2.34. The van der Waals surface area contributed by atoms with Gasteiger partial charge in [0.05, 0.1) is 0 Å². The molecule has 1 fully saturated rings. The summed E-state index contributed by atoms with van der Waals surface area (Å²) in [6.45, 7) is 3.81. The van der Waals surface area contributed by atoms with Crippen LogP contribution in [0.5, 0.6) is 0 Å². The summed E-state index contributed by atoms with van der Waals surface area (Å²) in [5.74, 6) is 0.0361. The Kier molecular flexibility index (Phi) is 4.29. The van der Waals surface area contributed by atoms with E-state index in [1.807, 2.05) is 0 Å². The lowest BCUT2D eigenvalue weighted by Gasteiger charge is -2.31. The molecule has 2 aromatic heterocycles. The Morgan fingerprint density at radius 1 is 1.35 bits per heavy atom. The Hall–Kier alpha value is -2.03. The predicted molar refractivity (Wildman–Crippen MR) is 75.4 cm³/mol. The van der Waals surface area contributed by atoms with Crippen molar-refractivity contribution >= 4 is 0 Å². The van der Waals surface area contributed by atoms with Gasteiger partial charge in [0.1, 0.15) is 12.2 Å².